The largest absolute Gasteiger partial charge is 0.343 e. The van der Waals surface area contributed by atoms with Crippen LogP contribution in [0.2, 0.25) is 0 Å². The van der Waals surface area contributed by atoms with Gasteiger partial charge in [-0.1, -0.05) is 18.2 Å². The summed E-state index contributed by atoms with van der Waals surface area (Å²) < 4.78 is 25.0. The maximum atomic E-state index is 11.9. The fourth-order valence-electron chi connectivity index (χ4n) is 2.42. The third-order valence-electron chi connectivity index (χ3n) is 3.85. The van der Waals surface area contributed by atoms with E-state index >= 15 is 0 Å². The quantitative estimate of drug-likeness (QED) is 0.412. The highest BCUT2D eigenvalue weighted by Gasteiger charge is 2.17. The first kappa shape index (κ1) is 21.2. The lowest BCUT2D eigenvalue weighted by atomic mass is 10.1. The lowest BCUT2D eigenvalue weighted by Gasteiger charge is -2.30. The van der Waals surface area contributed by atoms with Gasteiger partial charge in [0.15, 0.2) is 5.96 Å². The van der Waals surface area contributed by atoms with Crippen molar-refractivity contribution in [2.24, 2.45) is 4.99 Å². The van der Waals surface area contributed by atoms with Crippen LogP contribution >= 0.6 is 24.0 Å². The second-order valence-corrected chi connectivity index (χ2v) is 8.14. The molecule has 0 aromatic heterocycles. The number of nitrogens with one attached hydrogen (secondary N) is 1. The van der Waals surface area contributed by atoms with Crippen molar-refractivity contribution in [1.29, 1.82) is 0 Å². The molecule has 136 valence electrons. The van der Waals surface area contributed by atoms with E-state index in [0.717, 1.165) is 37.6 Å². The summed E-state index contributed by atoms with van der Waals surface area (Å²) in [4.78, 5) is 6.74. The predicted octanol–water partition coefficient (Wildman–Crippen LogP) is 2.45. The van der Waals surface area contributed by atoms with Crippen LogP contribution in [0.15, 0.2) is 35.3 Å². The maximum Gasteiger partial charge on any atom is 0.215 e. The summed E-state index contributed by atoms with van der Waals surface area (Å²) in [6, 6.07) is 9.86. The number of anilines is 1. The number of halogens is 1. The molecule has 24 heavy (non-hydrogen) atoms. The van der Waals surface area contributed by atoms with Crippen LogP contribution in [0.1, 0.15) is 19.3 Å². The molecule has 1 fully saturated rings. The Labute approximate surface area is 162 Å². The number of guanidine groups is 1. The SMILES string of the molecule is CN(C)S(=O)(=O)CCN=C(Nc1ccccc1)N1CCCCC1.I. The number of benzene rings is 1. The highest BCUT2D eigenvalue weighted by atomic mass is 127. The molecule has 1 heterocycles. The van der Waals surface area contributed by atoms with Crippen LogP contribution in [-0.4, -0.2) is 63.1 Å². The van der Waals surface area contributed by atoms with E-state index in [1.807, 2.05) is 30.3 Å². The molecule has 0 radical (unpaired) electrons. The Hall–Kier alpha value is -0.870. The molecular weight excluding hydrogens is 439 g/mol. The molecule has 6 nitrogen and oxygen atoms in total. The molecule has 0 atom stereocenters. The number of hydrogen-bond acceptors (Lipinski definition) is 3. The number of hydrogen-bond donors (Lipinski definition) is 1. The molecule has 1 aromatic carbocycles. The van der Waals surface area contributed by atoms with Crippen LogP contribution in [0.5, 0.6) is 0 Å². The van der Waals surface area contributed by atoms with Gasteiger partial charge in [0.1, 0.15) is 0 Å². The van der Waals surface area contributed by atoms with E-state index < -0.39 is 10.0 Å². The summed E-state index contributed by atoms with van der Waals surface area (Å²) in [7, 11) is -0.121. The molecule has 1 aromatic rings. The van der Waals surface area contributed by atoms with Crippen LogP contribution < -0.4 is 5.32 Å². The molecule has 8 heteroatoms. The third-order valence-corrected chi connectivity index (χ3v) is 5.66. The van der Waals surface area contributed by atoms with Crippen LogP contribution in [0.25, 0.3) is 0 Å². The van der Waals surface area contributed by atoms with E-state index in [1.165, 1.54) is 10.7 Å². The Bertz CT molecular complexity index is 614. The van der Waals surface area contributed by atoms with Gasteiger partial charge in [-0.05, 0) is 31.4 Å². The minimum Gasteiger partial charge on any atom is -0.343 e. The topological polar surface area (TPSA) is 65.0 Å². The van der Waals surface area contributed by atoms with Crippen molar-refractivity contribution in [1.82, 2.24) is 9.21 Å². The summed E-state index contributed by atoms with van der Waals surface area (Å²) >= 11 is 0. The zero-order chi connectivity index (χ0) is 16.7. The zero-order valence-electron chi connectivity index (χ0n) is 14.3. The van der Waals surface area contributed by atoms with Gasteiger partial charge in [-0.25, -0.2) is 12.7 Å². The first-order valence-electron chi connectivity index (χ1n) is 8.01. The van der Waals surface area contributed by atoms with Crippen molar-refractivity contribution in [2.75, 3.05) is 44.8 Å². The molecule has 1 aliphatic heterocycles. The molecule has 0 bridgehead atoms. The summed E-state index contributed by atoms with van der Waals surface area (Å²) in [6.07, 6.45) is 3.53. The average Bonchev–Trinajstić information content (AvgIpc) is 2.55. The number of aliphatic imine (C=N–C) groups is 1. The Morgan fingerprint density at radius 2 is 1.79 bits per heavy atom. The van der Waals surface area contributed by atoms with Gasteiger partial charge in [-0.15, -0.1) is 24.0 Å². The highest BCUT2D eigenvalue weighted by molar-refractivity contribution is 14.0. The second kappa shape index (κ2) is 10.2. The molecule has 0 aliphatic carbocycles. The van der Waals surface area contributed by atoms with Gasteiger partial charge < -0.3 is 10.2 Å². The van der Waals surface area contributed by atoms with Crippen LogP contribution in [0.3, 0.4) is 0 Å². The van der Waals surface area contributed by atoms with Crippen LogP contribution in [0, 0.1) is 0 Å². The molecular formula is C16H27IN4O2S. The molecule has 0 saturated carbocycles. The first-order chi connectivity index (χ1) is 11.0. The second-order valence-electron chi connectivity index (χ2n) is 5.84. The highest BCUT2D eigenvalue weighted by Crippen LogP contribution is 2.12. The minimum absolute atomic E-state index is 0. The molecule has 1 N–H and O–H groups in total. The molecule has 1 aliphatic rings. The van der Waals surface area contributed by atoms with Crippen molar-refractivity contribution in [2.45, 2.75) is 19.3 Å². The Morgan fingerprint density at radius 3 is 2.38 bits per heavy atom. The molecule has 0 spiro atoms. The van der Waals surface area contributed by atoms with Gasteiger partial charge >= 0.3 is 0 Å². The van der Waals surface area contributed by atoms with E-state index in [2.05, 4.69) is 15.2 Å². The fraction of sp³-hybridized carbons (Fsp3) is 0.562. The van der Waals surface area contributed by atoms with Crippen molar-refractivity contribution in [3.8, 4) is 0 Å². The van der Waals surface area contributed by atoms with Crippen LogP contribution in [-0.2, 0) is 10.0 Å². The predicted molar refractivity (Wildman–Crippen MR) is 111 cm³/mol. The van der Waals surface area contributed by atoms with Crippen LogP contribution in [0.4, 0.5) is 5.69 Å². The molecule has 0 unspecified atom stereocenters. The van der Waals surface area contributed by atoms with Gasteiger partial charge in [-0.3, -0.25) is 4.99 Å². The summed E-state index contributed by atoms with van der Waals surface area (Å²) in [5.74, 6) is 0.790. The lowest BCUT2D eigenvalue weighted by Crippen LogP contribution is -2.40. The lowest BCUT2D eigenvalue weighted by molar-refractivity contribution is 0.340. The smallest absolute Gasteiger partial charge is 0.215 e. The molecule has 1 saturated heterocycles. The van der Waals surface area contributed by atoms with Gasteiger partial charge in [0, 0.05) is 32.9 Å². The fourth-order valence-corrected chi connectivity index (χ4v) is 3.11. The van der Waals surface area contributed by atoms with Gasteiger partial charge in [-0.2, -0.15) is 0 Å². The number of para-hydroxylation sites is 1. The average molecular weight is 466 g/mol. The number of likely N-dealkylation sites (tertiary alicyclic amines) is 1. The van der Waals surface area contributed by atoms with Crippen molar-refractivity contribution in [3.63, 3.8) is 0 Å². The first-order valence-corrected chi connectivity index (χ1v) is 9.61. The van der Waals surface area contributed by atoms with Gasteiger partial charge in [0.25, 0.3) is 0 Å². The number of nitrogens with zero attached hydrogens (tertiary/aromatic N) is 3. The monoisotopic (exact) mass is 466 g/mol. The number of piperidine rings is 1. The zero-order valence-corrected chi connectivity index (χ0v) is 17.5. The van der Waals surface area contributed by atoms with Crippen molar-refractivity contribution in [3.05, 3.63) is 30.3 Å². The minimum atomic E-state index is -3.22. The Morgan fingerprint density at radius 1 is 1.17 bits per heavy atom. The van der Waals surface area contributed by atoms with Crippen molar-refractivity contribution >= 4 is 45.6 Å². The normalized spacial score (nSPS) is 16.0. The summed E-state index contributed by atoms with van der Waals surface area (Å²) in [5, 5.41) is 3.33. The van der Waals surface area contributed by atoms with Gasteiger partial charge in [0.05, 0.1) is 12.3 Å². The summed E-state index contributed by atoms with van der Waals surface area (Å²) in [5.41, 5.74) is 0.965. The third kappa shape index (κ3) is 6.56. The Balaban J connectivity index is 0.00000288. The van der Waals surface area contributed by atoms with E-state index in [-0.39, 0.29) is 36.3 Å². The molecule has 0 amide bonds. The van der Waals surface area contributed by atoms with E-state index in [9.17, 15) is 8.42 Å². The van der Waals surface area contributed by atoms with E-state index in [1.54, 1.807) is 14.1 Å². The number of sulfonamides is 1. The van der Waals surface area contributed by atoms with E-state index in [0.29, 0.717) is 0 Å². The Kier molecular flexibility index (Phi) is 8.99. The summed E-state index contributed by atoms with van der Waals surface area (Å²) in [6.45, 7) is 2.17. The maximum absolute atomic E-state index is 11.9. The van der Waals surface area contributed by atoms with Crippen molar-refractivity contribution < 1.29 is 8.42 Å². The number of rotatable bonds is 5. The van der Waals surface area contributed by atoms with E-state index in [4.69, 9.17) is 0 Å². The van der Waals surface area contributed by atoms with Gasteiger partial charge in [0.2, 0.25) is 10.0 Å². The standard InChI is InChI=1S/C16H26N4O2S.HI/c1-19(2)23(21,22)14-11-17-16(20-12-7-4-8-13-20)18-15-9-5-3-6-10-15;/h3,5-6,9-10H,4,7-8,11-14H2,1-2H3,(H,17,18);1H. The molecule has 2 rings (SSSR count).